The first-order valence-corrected chi connectivity index (χ1v) is 9.89. The second-order valence-electron chi connectivity index (χ2n) is 7.07. The second-order valence-corrected chi connectivity index (χ2v) is 7.07. The number of aromatic nitrogens is 5. The molecule has 3 rings (SSSR count). The Morgan fingerprint density at radius 3 is 2.52 bits per heavy atom. The van der Waals surface area contributed by atoms with Gasteiger partial charge in [0.25, 0.3) is 5.56 Å². The normalized spacial score (nSPS) is 15.1. The number of rotatable bonds is 8. The van der Waals surface area contributed by atoms with Gasteiger partial charge in [-0.2, -0.15) is 0 Å². The predicted octanol–water partition coefficient (Wildman–Crippen LogP) is 1.14. The van der Waals surface area contributed by atoms with Crippen LogP contribution in [0.2, 0.25) is 0 Å². The van der Waals surface area contributed by atoms with Crippen molar-refractivity contribution >= 4 is 17.1 Å². The van der Waals surface area contributed by atoms with Crippen LogP contribution in [0.3, 0.4) is 0 Å². The van der Waals surface area contributed by atoms with Crippen LogP contribution in [0.4, 0.5) is 5.95 Å². The summed E-state index contributed by atoms with van der Waals surface area (Å²) in [6.07, 6.45) is 4.94. The van der Waals surface area contributed by atoms with Crippen molar-refractivity contribution < 1.29 is 0 Å². The number of hydrogen-bond donors (Lipinski definition) is 1. The van der Waals surface area contributed by atoms with Gasteiger partial charge in [-0.25, -0.2) is 9.78 Å². The highest BCUT2D eigenvalue weighted by Gasteiger charge is 2.24. The molecule has 2 aromatic heterocycles. The average Bonchev–Trinajstić information content (AvgIpc) is 3.21. The van der Waals surface area contributed by atoms with E-state index in [0.29, 0.717) is 18.1 Å². The fourth-order valence-electron chi connectivity index (χ4n) is 3.73. The number of hydrogen-bond acceptors (Lipinski definition) is 7. The average molecular weight is 375 g/mol. The summed E-state index contributed by atoms with van der Waals surface area (Å²) in [6.45, 7) is 8.04. The molecule has 27 heavy (non-hydrogen) atoms. The minimum Gasteiger partial charge on any atom is -0.353 e. The highest BCUT2D eigenvalue weighted by molar-refractivity contribution is 5.69. The van der Waals surface area contributed by atoms with Crippen LogP contribution in [0.5, 0.6) is 0 Å². The second kappa shape index (κ2) is 8.60. The van der Waals surface area contributed by atoms with Crippen molar-refractivity contribution in [3.8, 4) is 0 Å². The summed E-state index contributed by atoms with van der Waals surface area (Å²) < 4.78 is 2.73. The lowest BCUT2D eigenvalue weighted by atomic mass is 10.2. The summed E-state index contributed by atoms with van der Waals surface area (Å²) in [5.41, 5.74) is -0.269. The number of fused-ring (bicyclic) bond motifs is 1. The number of nitrogens with one attached hydrogen (secondary N) is 1. The Bertz CT molecular complexity index is 895. The smallest absolute Gasteiger partial charge is 0.332 e. The largest absolute Gasteiger partial charge is 0.353 e. The molecule has 0 aromatic carbocycles. The van der Waals surface area contributed by atoms with Gasteiger partial charge in [-0.05, 0) is 38.9 Å². The summed E-state index contributed by atoms with van der Waals surface area (Å²) >= 11 is 0. The van der Waals surface area contributed by atoms with E-state index in [1.54, 1.807) is 4.57 Å². The van der Waals surface area contributed by atoms with Gasteiger partial charge in [0, 0.05) is 19.6 Å². The molecule has 1 fully saturated rings. The molecule has 9 nitrogen and oxygen atoms in total. The highest BCUT2D eigenvalue weighted by atomic mass is 16.2. The standard InChI is InChI=1S/C18H29N7O2/c1-4-24(5-2)12-8-11-19-17-20-14-15(21-22-17)25(13-9-6-7-10-13)18(27)23(3)16(14)26/h13H,4-12H2,1-3H3,(H,19,20,22). The monoisotopic (exact) mass is 375 g/mol. The fraction of sp³-hybridized carbons (Fsp3) is 0.722. The molecule has 1 aliphatic rings. The molecule has 0 radical (unpaired) electrons. The molecular formula is C18H29N7O2. The fourth-order valence-corrected chi connectivity index (χ4v) is 3.73. The van der Waals surface area contributed by atoms with Crippen LogP contribution in [0.25, 0.3) is 11.2 Å². The Hall–Kier alpha value is -2.29. The van der Waals surface area contributed by atoms with E-state index in [1.165, 1.54) is 7.05 Å². The quantitative estimate of drug-likeness (QED) is 0.691. The molecular weight excluding hydrogens is 346 g/mol. The molecule has 0 spiro atoms. The molecule has 0 saturated heterocycles. The molecule has 2 heterocycles. The Balaban J connectivity index is 1.84. The first-order valence-electron chi connectivity index (χ1n) is 9.89. The molecule has 0 amide bonds. The topological polar surface area (TPSA) is 97.9 Å². The maximum Gasteiger partial charge on any atom is 0.332 e. The van der Waals surface area contributed by atoms with Crippen molar-refractivity contribution in [2.24, 2.45) is 7.05 Å². The summed E-state index contributed by atoms with van der Waals surface area (Å²) in [4.78, 5) is 31.9. The first kappa shape index (κ1) is 19.5. The van der Waals surface area contributed by atoms with Gasteiger partial charge in [-0.1, -0.05) is 26.7 Å². The molecule has 1 saturated carbocycles. The lowest BCUT2D eigenvalue weighted by Crippen LogP contribution is -2.40. The summed E-state index contributed by atoms with van der Waals surface area (Å²) in [5, 5.41) is 11.5. The zero-order chi connectivity index (χ0) is 19.4. The van der Waals surface area contributed by atoms with Crippen LogP contribution in [0.15, 0.2) is 9.59 Å². The van der Waals surface area contributed by atoms with Gasteiger partial charge >= 0.3 is 5.69 Å². The Morgan fingerprint density at radius 2 is 1.85 bits per heavy atom. The van der Waals surface area contributed by atoms with E-state index < -0.39 is 5.56 Å². The van der Waals surface area contributed by atoms with Gasteiger partial charge < -0.3 is 10.2 Å². The van der Waals surface area contributed by atoms with E-state index in [2.05, 4.69) is 39.2 Å². The third-order valence-corrected chi connectivity index (χ3v) is 5.42. The van der Waals surface area contributed by atoms with Crippen LogP contribution in [0, 0.1) is 0 Å². The van der Waals surface area contributed by atoms with Crippen LogP contribution in [-0.4, -0.2) is 55.4 Å². The highest BCUT2D eigenvalue weighted by Crippen LogP contribution is 2.29. The van der Waals surface area contributed by atoms with Gasteiger partial charge in [-0.3, -0.25) is 13.9 Å². The summed E-state index contributed by atoms with van der Waals surface area (Å²) in [7, 11) is 1.49. The molecule has 0 unspecified atom stereocenters. The van der Waals surface area contributed by atoms with E-state index in [4.69, 9.17) is 0 Å². The van der Waals surface area contributed by atoms with Crippen molar-refractivity contribution in [3.05, 3.63) is 20.8 Å². The third kappa shape index (κ3) is 4.02. The number of anilines is 1. The van der Waals surface area contributed by atoms with E-state index in [0.717, 1.165) is 56.3 Å². The van der Waals surface area contributed by atoms with Gasteiger partial charge in [0.05, 0.1) is 0 Å². The third-order valence-electron chi connectivity index (χ3n) is 5.42. The van der Waals surface area contributed by atoms with Crippen molar-refractivity contribution in [3.63, 3.8) is 0 Å². The van der Waals surface area contributed by atoms with Crippen LogP contribution < -0.4 is 16.6 Å². The SMILES string of the molecule is CCN(CC)CCCNc1nnc2c(n1)c(=O)n(C)c(=O)n2C1CCCC1. The lowest BCUT2D eigenvalue weighted by molar-refractivity contribution is 0.303. The Kier molecular flexibility index (Phi) is 6.20. The molecule has 9 heteroatoms. The molecule has 0 atom stereocenters. The molecule has 2 aromatic rings. The van der Waals surface area contributed by atoms with Crippen LogP contribution in [0.1, 0.15) is 52.0 Å². The first-order chi connectivity index (χ1) is 13.1. The summed E-state index contributed by atoms with van der Waals surface area (Å²) in [5.74, 6) is 0.329. The van der Waals surface area contributed by atoms with E-state index in [9.17, 15) is 9.59 Å². The van der Waals surface area contributed by atoms with Gasteiger partial charge in [0.1, 0.15) is 0 Å². The van der Waals surface area contributed by atoms with Crippen molar-refractivity contribution in [2.45, 2.75) is 52.0 Å². The molecule has 1 aliphatic carbocycles. The Morgan fingerprint density at radius 1 is 1.15 bits per heavy atom. The minimum atomic E-state index is -0.426. The minimum absolute atomic E-state index is 0.0655. The van der Waals surface area contributed by atoms with Crippen molar-refractivity contribution in [2.75, 3.05) is 31.5 Å². The lowest BCUT2D eigenvalue weighted by Gasteiger charge is -2.18. The predicted molar refractivity (Wildman–Crippen MR) is 105 cm³/mol. The van der Waals surface area contributed by atoms with Gasteiger partial charge in [0.15, 0.2) is 11.2 Å². The van der Waals surface area contributed by atoms with E-state index >= 15 is 0 Å². The van der Waals surface area contributed by atoms with Crippen LogP contribution in [-0.2, 0) is 7.05 Å². The molecule has 148 valence electrons. The van der Waals surface area contributed by atoms with E-state index in [1.807, 2.05) is 0 Å². The van der Waals surface area contributed by atoms with Gasteiger partial charge in [0.2, 0.25) is 5.95 Å². The van der Waals surface area contributed by atoms with Crippen molar-refractivity contribution in [1.82, 2.24) is 29.2 Å². The van der Waals surface area contributed by atoms with Crippen molar-refractivity contribution in [1.29, 1.82) is 0 Å². The zero-order valence-electron chi connectivity index (χ0n) is 16.4. The molecule has 0 aliphatic heterocycles. The maximum absolute atomic E-state index is 12.6. The molecule has 1 N–H and O–H groups in total. The Labute approximate surface area is 158 Å². The van der Waals surface area contributed by atoms with Gasteiger partial charge in [-0.15, -0.1) is 10.2 Å². The zero-order valence-corrected chi connectivity index (χ0v) is 16.4. The molecule has 0 bridgehead atoms. The summed E-state index contributed by atoms with van der Waals surface area (Å²) in [6, 6.07) is 0.0655. The van der Waals surface area contributed by atoms with Crippen LogP contribution >= 0.6 is 0 Å². The van der Waals surface area contributed by atoms with E-state index in [-0.39, 0.29) is 17.2 Å². The maximum atomic E-state index is 12.6. The number of nitrogens with zero attached hydrogens (tertiary/aromatic N) is 6.